The van der Waals surface area contributed by atoms with Gasteiger partial charge in [-0.15, -0.1) is 24.0 Å². The zero-order chi connectivity index (χ0) is 21.2. The highest BCUT2D eigenvalue weighted by Gasteiger charge is 2.13. The summed E-state index contributed by atoms with van der Waals surface area (Å²) in [5.41, 5.74) is 3.75. The lowest BCUT2D eigenvalue weighted by Gasteiger charge is -2.27. The molecule has 1 aliphatic heterocycles. The third-order valence-corrected chi connectivity index (χ3v) is 5.11. The fourth-order valence-electron chi connectivity index (χ4n) is 3.53. The third-order valence-electron chi connectivity index (χ3n) is 5.11. The zero-order valence-electron chi connectivity index (χ0n) is 18.8. The van der Waals surface area contributed by atoms with Gasteiger partial charge in [-0.1, -0.05) is 30.3 Å². The summed E-state index contributed by atoms with van der Waals surface area (Å²) in [7, 11) is 4.01. The Labute approximate surface area is 203 Å². The Balaban J connectivity index is 0.00000341. The van der Waals surface area contributed by atoms with E-state index in [1.165, 1.54) is 11.1 Å². The molecule has 0 radical (unpaired) electrons. The number of nitrogens with zero attached hydrogens (tertiary/aromatic N) is 4. The van der Waals surface area contributed by atoms with Crippen molar-refractivity contribution < 1.29 is 4.74 Å². The molecule has 170 valence electrons. The van der Waals surface area contributed by atoms with E-state index in [9.17, 15) is 0 Å². The second kappa shape index (κ2) is 13.5. The van der Waals surface area contributed by atoms with Gasteiger partial charge in [-0.3, -0.25) is 4.90 Å². The maximum atomic E-state index is 5.47. The molecule has 0 unspecified atom stereocenters. The maximum absolute atomic E-state index is 5.47. The van der Waals surface area contributed by atoms with Crippen LogP contribution in [-0.2, 0) is 24.4 Å². The lowest BCUT2D eigenvalue weighted by Crippen LogP contribution is -2.38. The molecule has 1 aliphatic rings. The van der Waals surface area contributed by atoms with Crippen molar-refractivity contribution in [1.82, 2.24) is 20.5 Å². The Kier molecular flexibility index (Phi) is 11.0. The summed E-state index contributed by atoms with van der Waals surface area (Å²) in [5, 5.41) is 6.85. The summed E-state index contributed by atoms with van der Waals surface area (Å²) in [6, 6.07) is 12.7. The minimum atomic E-state index is 0. The smallest absolute Gasteiger partial charge is 0.191 e. The van der Waals surface area contributed by atoms with Gasteiger partial charge in [0.05, 0.1) is 19.8 Å². The van der Waals surface area contributed by atoms with Crippen LogP contribution in [-0.4, -0.2) is 62.8 Å². The molecule has 3 rings (SSSR count). The second-order valence-electron chi connectivity index (χ2n) is 7.59. The molecule has 0 atom stereocenters. The number of ether oxygens (including phenoxy) is 1. The monoisotopic (exact) mass is 538 g/mol. The van der Waals surface area contributed by atoms with E-state index >= 15 is 0 Å². The van der Waals surface area contributed by atoms with Crippen LogP contribution in [0.2, 0.25) is 0 Å². The van der Waals surface area contributed by atoms with Crippen molar-refractivity contribution in [3.8, 4) is 0 Å². The van der Waals surface area contributed by atoms with Gasteiger partial charge in [0.1, 0.15) is 5.82 Å². The Morgan fingerprint density at radius 1 is 1.06 bits per heavy atom. The Morgan fingerprint density at radius 3 is 2.48 bits per heavy atom. The third kappa shape index (κ3) is 7.93. The number of guanidine groups is 1. The lowest BCUT2D eigenvalue weighted by atomic mass is 10.1. The number of aromatic nitrogens is 1. The zero-order valence-corrected chi connectivity index (χ0v) is 21.1. The lowest BCUT2D eigenvalue weighted by molar-refractivity contribution is 0.0341. The van der Waals surface area contributed by atoms with Crippen molar-refractivity contribution in [3.63, 3.8) is 0 Å². The Morgan fingerprint density at radius 2 is 1.77 bits per heavy atom. The molecule has 2 heterocycles. The van der Waals surface area contributed by atoms with E-state index in [2.05, 4.69) is 57.8 Å². The van der Waals surface area contributed by atoms with E-state index in [1.807, 2.05) is 31.3 Å². The molecule has 8 heteroatoms. The van der Waals surface area contributed by atoms with Gasteiger partial charge >= 0.3 is 0 Å². The molecule has 0 aliphatic carbocycles. The minimum absolute atomic E-state index is 0. The first-order valence-corrected chi connectivity index (χ1v) is 10.7. The fraction of sp³-hybridized carbons (Fsp3) is 0.478. The molecule has 0 amide bonds. The van der Waals surface area contributed by atoms with E-state index in [0.29, 0.717) is 6.54 Å². The van der Waals surface area contributed by atoms with Crippen molar-refractivity contribution in [1.29, 1.82) is 0 Å². The van der Waals surface area contributed by atoms with E-state index < -0.39 is 0 Å². The number of hydrogen-bond donors (Lipinski definition) is 2. The van der Waals surface area contributed by atoms with E-state index in [4.69, 9.17) is 9.73 Å². The predicted molar refractivity (Wildman–Crippen MR) is 138 cm³/mol. The van der Waals surface area contributed by atoms with Gasteiger partial charge in [-0.05, 0) is 24.1 Å². The molecule has 0 spiro atoms. The Hall–Kier alpha value is -1.91. The molecular weight excluding hydrogens is 503 g/mol. The molecule has 1 fully saturated rings. The summed E-state index contributed by atoms with van der Waals surface area (Å²) < 4.78 is 5.47. The average molecular weight is 538 g/mol. The fourth-order valence-corrected chi connectivity index (χ4v) is 3.53. The summed E-state index contributed by atoms with van der Waals surface area (Å²) in [5.74, 6) is 1.76. The van der Waals surface area contributed by atoms with Gasteiger partial charge in [-0.25, -0.2) is 9.98 Å². The Bertz CT molecular complexity index is 823. The normalized spacial score (nSPS) is 14.6. The van der Waals surface area contributed by atoms with E-state index in [-0.39, 0.29) is 24.0 Å². The van der Waals surface area contributed by atoms with Crippen LogP contribution >= 0.6 is 24.0 Å². The highest BCUT2D eigenvalue weighted by molar-refractivity contribution is 14.0. The van der Waals surface area contributed by atoms with Crippen LogP contribution in [0.5, 0.6) is 0 Å². The van der Waals surface area contributed by atoms with Gasteiger partial charge < -0.3 is 20.3 Å². The molecule has 2 aromatic rings. The largest absolute Gasteiger partial charge is 0.379 e. The average Bonchev–Trinajstić information content (AvgIpc) is 2.77. The van der Waals surface area contributed by atoms with Gasteiger partial charge in [0.15, 0.2) is 5.96 Å². The second-order valence-corrected chi connectivity index (χ2v) is 7.59. The summed E-state index contributed by atoms with van der Waals surface area (Å²) >= 11 is 0. The van der Waals surface area contributed by atoms with Crippen molar-refractivity contribution >= 4 is 35.8 Å². The number of nitrogens with one attached hydrogen (secondary N) is 2. The summed E-state index contributed by atoms with van der Waals surface area (Å²) in [6.45, 7) is 8.79. The molecule has 0 saturated carbocycles. The first-order valence-electron chi connectivity index (χ1n) is 10.7. The molecule has 1 aromatic carbocycles. The number of halogens is 1. The van der Waals surface area contributed by atoms with Crippen LogP contribution < -0.4 is 15.5 Å². The summed E-state index contributed by atoms with van der Waals surface area (Å²) in [6.07, 6.45) is 1.82. The van der Waals surface area contributed by atoms with E-state index in [1.54, 1.807) is 0 Å². The van der Waals surface area contributed by atoms with Crippen LogP contribution in [0, 0.1) is 0 Å². The molecule has 1 aromatic heterocycles. The van der Waals surface area contributed by atoms with Gasteiger partial charge in [0.2, 0.25) is 0 Å². The quantitative estimate of drug-likeness (QED) is 0.306. The van der Waals surface area contributed by atoms with Gasteiger partial charge in [0.25, 0.3) is 0 Å². The SMILES string of the molecule is CCNC(=NCc1cccnc1N(C)C)NCc1ccccc1CN1CCOCC1.I. The number of benzene rings is 1. The van der Waals surface area contributed by atoms with Crippen LogP contribution in [0.15, 0.2) is 47.6 Å². The first kappa shape index (κ1) is 25.4. The highest BCUT2D eigenvalue weighted by atomic mass is 127. The maximum Gasteiger partial charge on any atom is 0.191 e. The minimum Gasteiger partial charge on any atom is -0.379 e. The van der Waals surface area contributed by atoms with Crippen molar-refractivity contribution in [3.05, 3.63) is 59.3 Å². The molecule has 0 bridgehead atoms. The first-order chi connectivity index (χ1) is 14.7. The number of rotatable bonds is 8. The standard InChI is InChI=1S/C23H34N6O.HI/c1-4-24-23(27-17-20-10-7-11-25-22(20)28(2)3)26-16-19-8-5-6-9-21(19)18-29-12-14-30-15-13-29;/h5-11H,4,12-18H2,1-3H3,(H2,24,26,27);1H. The van der Waals surface area contributed by atoms with Crippen LogP contribution in [0.3, 0.4) is 0 Å². The predicted octanol–water partition coefficient (Wildman–Crippen LogP) is 2.85. The van der Waals surface area contributed by atoms with Crippen molar-refractivity contribution in [2.75, 3.05) is 51.8 Å². The van der Waals surface area contributed by atoms with Crippen LogP contribution in [0.1, 0.15) is 23.6 Å². The number of aliphatic imine (C=N–C) groups is 1. The molecular formula is C23H35IN6O. The highest BCUT2D eigenvalue weighted by Crippen LogP contribution is 2.16. The van der Waals surface area contributed by atoms with Crippen molar-refractivity contribution in [2.45, 2.75) is 26.6 Å². The molecule has 1 saturated heterocycles. The molecule has 31 heavy (non-hydrogen) atoms. The number of pyridine rings is 1. The van der Waals surface area contributed by atoms with E-state index in [0.717, 1.165) is 63.3 Å². The van der Waals surface area contributed by atoms with Gasteiger partial charge in [-0.2, -0.15) is 0 Å². The number of hydrogen-bond acceptors (Lipinski definition) is 5. The number of morpholine rings is 1. The molecule has 7 nitrogen and oxygen atoms in total. The van der Waals surface area contributed by atoms with Crippen LogP contribution in [0.25, 0.3) is 0 Å². The summed E-state index contributed by atoms with van der Waals surface area (Å²) in [4.78, 5) is 13.7. The van der Waals surface area contributed by atoms with Crippen LogP contribution in [0.4, 0.5) is 5.82 Å². The van der Waals surface area contributed by atoms with Crippen molar-refractivity contribution in [2.24, 2.45) is 4.99 Å². The number of anilines is 1. The van der Waals surface area contributed by atoms with Gasteiger partial charge in [0, 0.05) is 58.6 Å². The topological polar surface area (TPSA) is 65.0 Å². The molecule has 2 N–H and O–H groups in total.